The van der Waals surface area contributed by atoms with Crippen LogP contribution in [0.5, 0.6) is 0 Å². The maximum atomic E-state index is 14.2. The zero-order valence-electron chi connectivity index (χ0n) is 24.3. The van der Waals surface area contributed by atoms with E-state index in [0.29, 0.717) is 55.4 Å². The Labute approximate surface area is 247 Å². The number of piperazine rings is 1. The standard InChI is InChI=1S/C30H34F3N7O3/c1-29(9-10-29)28-36-26(37-43-28)27(42)35-18-21-7-6-20(17-23(21)30(31,32)33)22-8-11-34-19-24(22)39-13-15-40(16-14-39)25(41)5-4-12-38(2)3/h4-8,11,17,19H,9-10,12-16,18H2,1-3H3,(H,35,42). The molecule has 1 aliphatic carbocycles. The van der Waals surface area contributed by atoms with Crippen LogP contribution in [0.1, 0.15) is 47.4 Å². The molecule has 0 bridgehead atoms. The third-order valence-electron chi connectivity index (χ3n) is 7.77. The van der Waals surface area contributed by atoms with E-state index in [0.717, 1.165) is 18.9 Å². The van der Waals surface area contributed by atoms with Gasteiger partial charge in [0.1, 0.15) is 0 Å². The summed E-state index contributed by atoms with van der Waals surface area (Å²) < 4.78 is 47.8. The molecule has 13 heteroatoms. The third-order valence-corrected chi connectivity index (χ3v) is 7.77. The van der Waals surface area contributed by atoms with Gasteiger partial charge in [-0.25, -0.2) is 0 Å². The highest BCUT2D eigenvalue weighted by molar-refractivity contribution is 5.90. The number of nitrogens with zero attached hydrogens (tertiary/aromatic N) is 6. The first-order chi connectivity index (χ1) is 20.4. The van der Waals surface area contributed by atoms with Gasteiger partial charge in [0.15, 0.2) is 0 Å². The van der Waals surface area contributed by atoms with E-state index in [1.54, 1.807) is 29.3 Å². The highest BCUT2D eigenvalue weighted by atomic mass is 19.4. The van der Waals surface area contributed by atoms with Crippen LogP contribution >= 0.6 is 0 Å². The smallest absolute Gasteiger partial charge is 0.366 e. The Hall–Kier alpha value is -4.26. The Morgan fingerprint density at radius 1 is 1.14 bits per heavy atom. The van der Waals surface area contributed by atoms with Crippen molar-refractivity contribution in [3.05, 3.63) is 71.7 Å². The van der Waals surface area contributed by atoms with Gasteiger partial charge >= 0.3 is 6.18 Å². The number of carbonyl (C=O) groups excluding carboxylic acids is 2. The minimum absolute atomic E-state index is 0.0672. The molecule has 228 valence electrons. The van der Waals surface area contributed by atoms with Crippen LogP contribution in [0, 0.1) is 0 Å². The quantitative estimate of drug-likeness (QED) is 0.370. The first-order valence-corrected chi connectivity index (χ1v) is 14.1. The molecule has 10 nitrogen and oxygen atoms in total. The van der Waals surface area contributed by atoms with Crippen LogP contribution in [0.4, 0.5) is 18.9 Å². The van der Waals surface area contributed by atoms with E-state index in [2.05, 4.69) is 20.4 Å². The van der Waals surface area contributed by atoms with Crippen molar-refractivity contribution in [1.29, 1.82) is 0 Å². The number of aromatic nitrogens is 3. The fourth-order valence-corrected chi connectivity index (χ4v) is 4.90. The SMILES string of the molecule is CN(C)CC=CC(=O)N1CCN(c2cnccc2-c2ccc(CNC(=O)c3noc(C4(C)CC4)n3)c(C(F)(F)F)c2)CC1. The summed E-state index contributed by atoms with van der Waals surface area (Å²) in [6.07, 6.45) is 3.65. The Bertz CT molecular complexity index is 1510. The Morgan fingerprint density at radius 2 is 1.88 bits per heavy atom. The first kappa shape index (κ1) is 30.2. The Balaban J connectivity index is 1.30. The van der Waals surface area contributed by atoms with Gasteiger partial charge in [-0.15, -0.1) is 0 Å². The minimum Gasteiger partial charge on any atom is -0.366 e. The number of benzene rings is 1. The maximum Gasteiger partial charge on any atom is 0.416 e. The van der Waals surface area contributed by atoms with E-state index in [1.165, 1.54) is 12.3 Å². The summed E-state index contributed by atoms with van der Waals surface area (Å²) >= 11 is 0. The molecule has 1 saturated heterocycles. The highest BCUT2D eigenvalue weighted by Gasteiger charge is 2.45. The molecule has 43 heavy (non-hydrogen) atoms. The minimum atomic E-state index is -4.66. The number of alkyl halides is 3. The number of anilines is 1. The lowest BCUT2D eigenvalue weighted by atomic mass is 9.97. The summed E-state index contributed by atoms with van der Waals surface area (Å²) in [7, 11) is 3.84. The summed E-state index contributed by atoms with van der Waals surface area (Å²) in [5, 5.41) is 6.17. The van der Waals surface area contributed by atoms with E-state index in [-0.39, 0.29) is 29.3 Å². The second kappa shape index (κ2) is 12.2. The van der Waals surface area contributed by atoms with Crippen molar-refractivity contribution >= 4 is 17.5 Å². The lowest BCUT2D eigenvalue weighted by Crippen LogP contribution is -2.48. The van der Waals surface area contributed by atoms with Crippen molar-refractivity contribution in [2.24, 2.45) is 0 Å². The largest absolute Gasteiger partial charge is 0.416 e. The number of hydrogen-bond donors (Lipinski definition) is 1. The van der Waals surface area contributed by atoms with E-state index < -0.39 is 17.6 Å². The van der Waals surface area contributed by atoms with Gasteiger partial charge in [-0.05, 0) is 50.2 Å². The van der Waals surface area contributed by atoms with Crippen LogP contribution in [-0.4, -0.2) is 83.6 Å². The molecule has 2 amide bonds. The van der Waals surface area contributed by atoms with Gasteiger partial charge in [0.25, 0.3) is 11.7 Å². The number of amides is 2. The summed E-state index contributed by atoms with van der Waals surface area (Å²) in [6.45, 7) is 4.23. The normalized spacial score (nSPS) is 16.6. The summed E-state index contributed by atoms with van der Waals surface area (Å²) in [5.74, 6) is -0.627. The molecule has 1 saturated carbocycles. The van der Waals surface area contributed by atoms with Crippen LogP contribution in [0.3, 0.4) is 0 Å². The molecule has 5 rings (SSSR count). The number of nitrogens with one attached hydrogen (secondary N) is 1. The molecular weight excluding hydrogens is 563 g/mol. The van der Waals surface area contributed by atoms with Gasteiger partial charge in [0.05, 0.1) is 17.4 Å². The average molecular weight is 598 g/mol. The predicted octanol–water partition coefficient (Wildman–Crippen LogP) is 3.90. The van der Waals surface area contributed by atoms with Crippen molar-refractivity contribution < 1.29 is 27.3 Å². The number of pyridine rings is 1. The average Bonchev–Trinajstić information content (AvgIpc) is 3.53. The van der Waals surface area contributed by atoms with Crippen LogP contribution < -0.4 is 10.2 Å². The molecule has 3 heterocycles. The molecule has 2 aromatic heterocycles. The summed E-state index contributed by atoms with van der Waals surface area (Å²) in [5.41, 5.74) is 0.467. The molecule has 1 N–H and O–H groups in total. The molecule has 0 spiro atoms. The molecular formula is C30H34F3N7O3. The predicted molar refractivity (Wildman–Crippen MR) is 153 cm³/mol. The lowest BCUT2D eigenvalue weighted by molar-refractivity contribution is -0.138. The van der Waals surface area contributed by atoms with Gasteiger partial charge in [0.2, 0.25) is 11.8 Å². The van der Waals surface area contributed by atoms with Crippen molar-refractivity contribution in [3.63, 3.8) is 0 Å². The Kier molecular flexibility index (Phi) is 8.54. The van der Waals surface area contributed by atoms with Gasteiger partial charge in [-0.1, -0.05) is 30.3 Å². The molecule has 0 radical (unpaired) electrons. The number of carbonyl (C=O) groups is 2. The van der Waals surface area contributed by atoms with Crippen LogP contribution in [0.2, 0.25) is 0 Å². The molecule has 1 aromatic carbocycles. The Morgan fingerprint density at radius 3 is 2.56 bits per heavy atom. The van der Waals surface area contributed by atoms with Crippen molar-refractivity contribution in [1.82, 2.24) is 30.2 Å². The number of halogens is 3. The zero-order valence-corrected chi connectivity index (χ0v) is 24.3. The molecule has 0 atom stereocenters. The maximum absolute atomic E-state index is 14.2. The third kappa shape index (κ3) is 7.04. The fraction of sp³-hybridized carbons (Fsp3) is 0.433. The highest BCUT2D eigenvalue weighted by Crippen LogP contribution is 2.46. The van der Waals surface area contributed by atoms with Crippen LogP contribution in [0.15, 0.2) is 53.3 Å². The summed E-state index contributed by atoms with van der Waals surface area (Å²) in [4.78, 5) is 39.2. The number of likely N-dealkylation sites (N-methyl/N-ethyl adjacent to an activating group) is 1. The van der Waals surface area contributed by atoms with E-state index in [1.807, 2.05) is 36.9 Å². The monoisotopic (exact) mass is 597 g/mol. The van der Waals surface area contributed by atoms with Crippen LogP contribution in [-0.2, 0) is 22.9 Å². The second-order valence-electron chi connectivity index (χ2n) is 11.4. The molecule has 2 fully saturated rings. The van der Waals surface area contributed by atoms with E-state index in [4.69, 9.17) is 4.52 Å². The number of hydrogen-bond acceptors (Lipinski definition) is 8. The van der Waals surface area contributed by atoms with Gasteiger partial charge < -0.3 is 24.5 Å². The van der Waals surface area contributed by atoms with E-state index >= 15 is 0 Å². The summed E-state index contributed by atoms with van der Waals surface area (Å²) in [6, 6.07) is 5.75. The van der Waals surface area contributed by atoms with Crippen LogP contribution in [0.25, 0.3) is 11.1 Å². The molecule has 3 aromatic rings. The van der Waals surface area contributed by atoms with Gasteiger partial charge in [-0.2, -0.15) is 18.2 Å². The number of rotatable bonds is 9. The van der Waals surface area contributed by atoms with Gasteiger partial charge in [0, 0.05) is 62.5 Å². The second-order valence-corrected chi connectivity index (χ2v) is 11.4. The fourth-order valence-electron chi connectivity index (χ4n) is 4.90. The molecule has 2 aliphatic rings. The van der Waals surface area contributed by atoms with Gasteiger partial charge in [-0.3, -0.25) is 14.6 Å². The molecule has 0 unspecified atom stereocenters. The topological polar surface area (TPSA) is 108 Å². The lowest BCUT2D eigenvalue weighted by Gasteiger charge is -2.36. The molecule has 1 aliphatic heterocycles. The van der Waals surface area contributed by atoms with Crippen molar-refractivity contribution in [2.45, 2.75) is 37.9 Å². The zero-order chi connectivity index (χ0) is 30.8. The van der Waals surface area contributed by atoms with Crippen molar-refractivity contribution in [2.75, 3.05) is 51.7 Å². The van der Waals surface area contributed by atoms with Crippen molar-refractivity contribution in [3.8, 4) is 11.1 Å². The first-order valence-electron chi connectivity index (χ1n) is 14.1. The van der Waals surface area contributed by atoms with E-state index in [9.17, 15) is 22.8 Å².